The molecular weight excluding hydrogens is 242 g/mol. The highest BCUT2D eigenvalue weighted by molar-refractivity contribution is 7.99. The van der Waals surface area contributed by atoms with Crippen molar-refractivity contribution in [3.05, 3.63) is 5.82 Å². The van der Waals surface area contributed by atoms with Crippen LogP contribution in [0.25, 0.3) is 0 Å². The lowest BCUT2D eigenvalue weighted by atomic mass is 10.5. The van der Waals surface area contributed by atoms with E-state index in [1.807, 2.05) is 6.92 Å². The number of H-pyrrole nitrogens is 1. The average molecular weight is 257 g/mol. The van der Waals surface area contributed by atoms with Crippen molar-refractivity contribution in [2.24, 2.45) is 0 Å². The predicted octanol–water partition coefficient (Wildman–Crippen LogP) is 0.441. The highest BCUT2D eigenvalue weighted by Gasteiger charge is 2.09. The highest BCUT2D eigenvalue weighted by atomic mass is 32.2. The van der Waals surface area contributed by atoms with Gasteiger partial charge in [0, 0.05) is 6.54 Å². The number of hydrogen-bond donors (Lipinski definition) is 3. The van der Waals surface area contributed by atoms with E-state index in [0.29, 0.717) is 17.5 Å². The molecule has 3 amide bonds. The Hall–Kier alpha value is -1.57. The van der Waals surface area contributed by atoms with Crippen molar-refractivity contribution in [2.45, 2.75) is 25.4 Å². The largest absolute Gasteiger partial charge is 0.338 e. The molecule has 0 radical (unpaired) electrons. The Kier molecular flexibility index (Phi) is 5.47. The number of thioether (sulfide) groups is 1. The topological polar surface area (TPSA) is 99.8 Å². The molecule has 8 heteroatoms. The molecule has 0 fully saturated rings. The fourth-order valence-corrected chi connectivity index (χ4v) is 1.61. The van der Waals surface area contributed by atoms with Gasteiger partial charge in [-0.15, -0.1) is 5.10 Å². The van der Waals surface area contributed by atoms with Crippen LogP contribution in [0.5, 0.6) is 0 Å². The van der Waals surface area contributed by atoms with Crippen molar-refractivity contribution in [1.82, 2.24) is 25.8 Å². The number of nitrogens with one attached hydrogen (secondary N) is 3. The minimum Gasteiger partial charge on any atom is -0.338 e. The van der Waals surface area contributed by atoms with Gasteiger partial charge in [0.25, 0.3) is 0 Å². The molecule has 0 aliphatic heterocycles. The second kappa shape index (κ2) is 6.89. The zero-order valence-electron chi connectivity index (χ0n) is 9.74. The molecule has 94 valence electrons. The van der Waals surface area contributed by atoms with Crippen LogP contribution in [0.2, 0.25) is 0 Å². The van der Waals surface area contributed by atoms with Crippen molar-refractivity contribution in [1.29, 1.82) is 0 Å². The summed E-state index contributed by atoms with van der Waals surface area (Å²) >= 11 is 1.17. The van der Waals surface area contributed by atoms with Gasteiger partial charge in [-0.25, -0.2) is 9.78 Å². The van der Waals surface area contributed by atoms with E-state index in [1.165, 1.54) is 11.8 Å². The van der Waals surface area contributed by atoms with Crippen LogP contribution in [0.15, 0.2) is 5.16 Å². The normalized spacial score (nSPS) is 10.0. The van der Waals surface area contributed by atoms with Crippen molar-refractivity contribution < 1.29 is 9.59 Å². The lowest BCUT2D eigenvalue weighted by molar-refractivity contribution is -0.117. The Morgan fingerprint density at radius 2 is 2.24 bits per heavy atom. The zero-order valence-corrected chi connectivity index (χ0v) is 10.6. The van der Waals surface area contributed by atoms with Crippen LogP contribution < -0.4 is 10.6 Å². The van der Waals surface area contributed by atoms with Crippen LogP contribution in [0, 0.1) is 6.92 Å². The van der Waals surface area contributed by atoms with Gasteiger partial charge in [-0.1, -0.05) is 18.7 Å². The summed E-state index contributed by atoms with van der Waals surface area (Å²) in [7, 11) is 0. The standard InChI is InChI=1S/C9H15N5O2S/c1-3-4-10-8(16)12-7(15)5-17-9-11-6(2)13-14-9/h3-5H2,1-2H3,(H,11,13,14)(H2,10,12,15,16). The molecule has 1 aromatic heterocycles. The minimum atomic E-state index is -0.469. The maximum Gasteiger partial charge on any atom is 0.321 e. The molecule has 0 aromatic carbocycles. The van der Waals surface area contributed by atoms with Crippen molar-refractivity contribution in [3.8, 4) is 0 Å². The average Bonchev–Trinajstić information content (AvgIpc) is 2.70. The van der Waals surface area contributed by atoms with E-state index in [4.69, 9.17) is 0 Å². The highest BCUT2D eigenvalue weighted by Crippen LogP contribution is 2.10. The van der Waals surface area contributed by atoms with Crippen LogP contribution in [-0.2, 0) is 4.79 Å². The number of aromatic amines is 1. The summed E-state index contributed by atoms with van der Waals surface area (Å²) in [6.07, 6.45) is 0.826. The number of amides is 3. The smallest absolute Gasteiger partial charge is 0.321 e. The van der Waals surface area contributed by atoms with E-state index >= 15 is 0 Å². The summed E-state index contributed by atoms with van der Waals surface area (Å²) in [6, 6.07) is -0.469. The van der Waals surface area contributed by atoms with Crippen LogP contribution in [0.1, 0.15) is 19.2 Å². The molecule has 7 nitrogen and oxygen atoms in total. The van der Waals surface area contributed by atoms with E-state index in [1.54, 1.807) is 6.92 Å². The van der Waals surface area contributed by atoms with Crippen molar-refractivity contribution in [3.63, 3.8) is 0 Å². The Bertz CT molecular complexity index is 392. The summed E-state index contributed by atoms with van der Waals surface area (Å²) in [4.78, 5) is 26.5. The minimum absolute atomic E-state index is 0.108. The zero-order chi connectivity index (χ0) is 12.7. The molecule has 3 N–H and O–H groups in total. The van der Waals surface area contributed by atoms with E-state index < -0.39 is 6.03 Å². The number of carbonyl (C=O) groups is 2. The second-order valence-corrected chi connectivity index (χ2v) is 4.24. The molecule has 0 saturated carbocycles. The number of rotatable bonds is 5. The van der Waals surface area contributed by atoms with Gasteiger partial charge in [-0.2, -0.15) is 0 Å². The number of carbonyl (C=O) groups excluding carboxylic acids is 2. The molecule has 0 aliphatic rings. The Morgan fingerprint density at radius 3 is 2.82 bits per heavy atom. The number of imide groups is 1. The third-order valence-electron chi connectivity index (χ3n) is 1.70. The van der Waals surface area contributed by atoms with Gasteiger partial charge in [0.15, 0.2) is 0 Å². The summed E-state index contributed by atoms with van der Waals surface area (Å²) in [5.41, 5.74) is 0. The molecule has 1 rings (SSSR count). The van der Waals surface area contributed by atoms with E-state index in [-0.39, 0.29) is 11.7 Å². The molecule has 0 saturated heterocycles. The first-order valence-corrected chi connectivity index (χ1v) is 6.20. The monoisotopic (exact) mass is 257 g/mol. The lowest BCUT2D eigenvalue weighted by Crippen LogP contribution is -2.40. The van der Waals surface area contributed by atoms with Gasteiger partial charge in [-0.3, -0.25) is 15.2 Å². The fraction of sp³-hybridized carbons (Fsp3) is 0.556. The Labute approximate surface area is 103 Å². The van der Waals surface area contributed by atoms with Gasteiger partial charge < -0.3 is 5.32 Å². The summed E-state index contributed by atoms with van der Waals surface area (Å²) in [6.45, 7) is 4.26. The molecule has 0 bridgehead atoms. The molecule has 0 spiro atoms. The van der Waals surface area contributed by atoms with E-state index in [9.17, 15) is 9.59 Å². The fourth-order valence-electron chi connectivity index (χ4n) is 0.962. The SMILES string of the molecule is CCCNC(=O)NC(=O)CSc1n[nH]c(C)n1. The number of hydrogen-bond acceptors (Lipinski definition) is 5. The molecule has 1 heterocycles. The number of aryl methyl sites for hydroxylation is 1. The van der Waals surface area contributed by atoms with Crippen molar-refractivity contribution >= 4 is 23.7 Å². The van der Waals surface area contributed by atoms with Gasteiger partial charge in [0.2, 0.25) is 11.1 Å². The molecule has 0 unspecified atom stereocenters. The molecule has 0 atom stereocenters. The van der Waals surface area contributed by atoms with Crippen LogP contribution in [0.4, 0.5) is 4.79 Å². The Balaban J connectivity index is 2.23. The van der Waals surface area contributed by atoms with Gasteiger partial charge in [0.05, 0.1) is 5.75 Å². The summed E-state index contributed by atoms with van der Waals surface area (Å²) < 4.78 is 0. The van der Waals surface area contributed by atoms with Gasteiger partial charge >= 0.3 is 6.03 Å². The number of nitrogens with zero attached hydrogens (tertiary/aromatic N) is 2. The third kappa shape index (κ3) is 5.34. The first-order valence-electron chi connectivity index (χ1n) is 5.21. The molecule has 1 aromatic rings. The van der Waals surface area contributed by atoms with Gasteiger partial charge in [0.1, 0.15) is 5.82 Å². The van der Waals surface area contributed by atoms with Crippen LogP contribution >= 0.6 is 11.8 Å². The Morgan fingerprint density at radius 1 is 1.47 bits per heavy atom. The first-order chi connectivity index (χ1) is 8.11. The van der Waals surface area contributed by atoms with Gasteiger partial charge in [-0.05, 0) is 13.3 Å². The number of urea groups is 1. The molecule has 0 aliphatic carbocycles. The van der Waals surface area contributed by atoms with E-state index in [2.05, 4.69) is 25.8 Å². The third-order valence-corrected chi connectivity index (χ3v) is 2.54. The maximum absolute atomic E-state index is 11.3. The first kappa shape index (κ1) is 13.5. The summed E-state index contributed by atoms with van der Waals surface area (Å²) in [5, 5.41) is 11.8. The molecular formula is C9H15N5O2S. The predicted molar refractivity (Wildman–Crippen MR) is 63.7 cm³/mol. The summed E-state index contributed by atoms with van der Waals surface area (Å²) in [5.74, 6) is 0.427. The van der Waals surface area contributed by atoms with Crippen LogP contribution in [0.3, 0.4) is 0 Å². The lowest BCUT2D eigenvalue weighted by Gasteiger charge is -2.04. The quantitative estimate of drug-likeness (QED) is 0.665. The number of aromatic nitrogens is 3. The van der Waals surface area contributed by atoms with Crippen molar-refractivity contribution in [2.75, 3.05) is 12.3 Å². The molecule has 17 heavy (non-hydrogen) atoms. The van der Waals surface area contributed by atoms with Crippen LogP contribution in [-0.4, -0.2) is 39.4 Å². The maximum atomic E-state index is 11.3. The second-order valence-electron chi connectivity index (χ2n) is 3.30. The van der Waals surface area contributed by atoms with E-state index in [0.717, 1.165) is 6.42 Å².